The summed E-state index contributed by atoms with van der Waals surface area (Å²) in [5.41, 5.74) is 20.2. The van der Waals surface area contributed by atoms with E-state index >= 15 is 0 Å². The third-order valence-corrected chi connectivity index (χ3v) is 13.6. The van der Waals surface area contributed by atoms with Crippen molar-refractivity contribution < 1.29 is 0 Å². The van der Waals surface area contributed by atoms with Crippen LogP contribution in [-0.2, 0) is 10.3 Å². The molecule has 0 bridgehead atoms. The normalized spacial score (nSPS) is 12.1. The van der Waals surface area contributed by atoms with Crippen LogP contribution >= 0.6 is 18.5 Å². The predicted molar refractivity (Wildman–Crippen MR) is 250 cm³/mol. The molecule has 0 saturated carbocycles. The van der Waals surface area contributed by atoms with Crippen molar-refractivity contribution in [1.29, 1.82) is 0 Å². The van der Waals surface area contributed by atoms with Crippen LogP contribution < -0.4 is 0 Å². The lowest BCUT2D eigenvalue weighted by Crippen LogP contribution is -2.26. The second kappa shape index (κ2) is 14.6. The van der Waals surface area contributed by atoms with Crippen LogP contribution in [0.3, 0.4) is 0 Å². The minimum absolute atomic E-state index is 0.579. The van der Waals surface area contributed by atoms with Crippen molar-refractivity contribution in [2.45, 2.75) is 65.7 Å². The molecule has 0 saturated heterocycles. The summed E-state index contributed by atoms with van der Waals surface area (Å²) in [5, 5.41) is 3.79. The Morgan fingerprint density at radius 2 is 0.554 bits per heavy atom. The number of aryl methyl sites for hydroxylation is 8. The molecule has 0 spiro atoms. The molecule has 8 aromatic carbocycles. The van der Waals surface area contributed by atoms with E-state index in [1.54, 1.807) is 0 Å². The molecule has 56 heavy (non-hydrogen) atoms. The van der Waals surface area contributed by atoms with Crippen LogP contribution in [0.1, 0.15) is 77.9 Å². The maximum atomic E-state index is 3.43. The van der Waals surface area contributed by atoms with Crippen LogP contribution in [0.2, 0.25) is 0 Å². The molecule has 2 atom stereocenters. The third-order valence-electron chi connectivity index (χ3n) is 11.7. The predicted octanol–water partition coefficient (Wildman–Crippen LogP) is 14.5. The zero-order valence-electron chi connectivity index (χ0n) is 34.0. The SMILES string of the molecule is Cc1cc(C)cc(C(P)(c2cc(C)cc(C)c2)c2ccc3ccccc3c2-c2c(C(P)(c3cc(C)cc(C)c3)c3cc(C)cc(C)c3)ccc3ccccc23)c1. The highest BCUT2D eigenvalue weighted by Gasteiger charge is 2.40. The minimum atomic E-state index is -0.579. The Morgan fingerprint density at radius 3 is 0.821 bits per heavy atom. The zero-order chi connectivity index (χ0) is 39.5. The Bertz CT molecular complexity index is 2440. The molecule has 278 valence electrons. The van der Waals surface area contributed by atoms with Crippen molar-refractivity contribution in [3.05, 3.63) is 223 Å². The van der Waals surface area contributed by atoms with Gasteiger partial charge in [0.2, 0.25) is 0 Å². The molecule has 2 heteroatoms. The maximum Gasteiger partial charge on any atom is 0.0598 e. The van der Waals surface area contributed by atoms with E-state index in [0.29, 0.717) is 0 Å². The van der Waals surface area contributed by atoms with Gasteiger partial charge in [0.1, 0.15) is 0 Å². The second-order valence-corrected chi connectivity index (χ2v) is 18.3. The Balaban J connectivity index is 1.61. The quantitative estimate of drug-likeness (QED) is 0.112. The van der Waals surface area contributed by atoms with Gasteiger partial charge in [-0.3, -0.25) is 0 Å². The van der Waals surface area contributed by atoms with Crippen molar-refractivity contribution in [3.63, 3.8) is 0 Å². The number of benzene rings is 8. The molecule has 2 unspecified atom stereocenters. The number of rotatable bonds is 7. The first kappa shape index (κ1) is 38.0. The van der Waals surface area contributed by atoms with E-state index in [9.17, 15) is 0 Å². The molecule has 0 aliphatic heterocycles. The Labute approximate surface area is 338 Å². The van der Waals surface area contributed by atoms with Crippen molar-refractivity contribution in [3.8, 4) is 11.1 Å². The molecule has 0 aliphatic carbocycles. The summed E-state index contributed by atoms with van der Waals surface area (Å²) in [7, 11) is 6.87. The molecule has 8 rings (SSSR count). The average molecular weight is 763 g/mol. The highest BCUT2D eigenvalue weighted by molar-refractivity contribution is 7.19. The second-order valence-electron chi connectivity index (χ2n) is 16.5. The molecule has 0 amide bonds. The standard InChI is InChI=1S/C54H52P2/c1-33-21-34(2)26-43(25-33)53(55,44-27-35(3)22-36(4)28-44)49-19-17-41-13-9-11-15-47(41)51(49)52-48-16-12-10-14-42(48)18-20-50(52)54(56,45-29-37(5)23-38(6)30-45)46-31-39(7)24-40(8)32-46/h9-32H,55-56H2,1-8H3. The van der Waals surface area contributed by atoms with E-state index in [-0.39, 0.29) is 0 Å². The topological polar surface area (TPSA) is 0 Å². The van der Waals surface area contributed by atoms with Crippen molar-refractivity contribution in [2.75, 3.05) is 0 Å². The van der Waals surface area contributed by atoms with Gasteiger partial charge in [0.15, 0.2) is 0 Å². The first-order valence-corrected chi connectivity index (χ1v) is 20.9. The highest BCUT2D eigenvalue weighted by Crippen LogP contribution is 2.56. The fraction of sp³-hybridized carbons (Fsp3) is 0.185. The summed E-state index contributed by atoms with van der Waals surface area (Å²) in [5.74, 6) is 0. The van der Waals surface area contributed by atoms with Crippen LogP contribution in [0.15, 0.2) is 146 Å². The van der Waals surface area contributed by atoms with Gasteiger partial charge in [0.05, 0.1) is 10.3 Å². The molecule has 0 fully saturated rings. The van der Waals surface area contributed by atoms with Crippen LogP contribution in [0.4, 0.5) is 0 Å². The first-order valence-electron chi connectivity index (χ1n) is 19.7. The van der Waals surface area contributed by atoms with Gasteiger partial charge in [-0.15, -0.1) is 18.5 Å². The molecule has 0 heterocycles. The third kappa shape index (κ3) is 6.62. The molecule has 0 aromatic heterocycles. The average Bonchev–Trinajstić information content (AvgIpc) is 3.15. The van der Waals surface area contributed by atoms with E-state index in [4.69, 9.17) is 0 Å². The fourth-order valence-corrected chi connectivity index (χ4v) is 10.7. The van der Waals surface area contributed by atoms with Crippen molar-refractivity contribution >= 4 is 40.0 Å². The highest BCUT2D eigenvalue weighted by atomic mass is 31.0. The van der Waals surface area contributed by atoms with Gasteiger partial charge in [-0.1, -0.05) is 190 Å². The smallest absolute Gasteiger partial charge is 0.0598 e. The molecule has 0 aliphatic rings. The zero-order valence-corrected chi connectivity index (χ0v) is 36.3. The summed E-state index contributed by atoms with van der Waals surface area (Å²) >= 11 is 0. The fourth-order valence-electron chi connectivity index (χ4n) is 9.50. The number of hydrogen-bond acceptors (Lipinski definition) is 0. The largest absolute Gasteiger partial charge is 0.117 e. The first-order chi connectivity index (χ1) is 26.7. The lowest BCUT2D eigenvalue weighted by molar-refractivity contribution is 0.881. The van der Waals surface area contributed by atoms with E-state index < -0.39 is 10.3 Å². The van der Waals surface area contributed by atoms with Gasteiger partial charge in [0.25, 0.3) is 0 Å². The van der Waals surface area contributed by atoms with Gasteiger partial charge in [-0.05, 0) is 121 Å². The van der Waals surface area contributed by atoms with Crippen molar-refractivity contribution in [2.24, 2.45) is 0 Å². The van der Waals surface area contributed by atoms with E-state index in [1.165, 1.54) is 111 Å². The van der Waals surface area contributed by atoms with Gasteiger partial charge >= 0.3 is 0 Å². The Hall–Kier alpha value is -4.86. The van der Waals surface area contributed by atoms with Gasteiger partial charge in [0, 0.05) is 0 Å². The summed E-state index contributed by atoms with van der Waals surface area (Å²) in [4.78, 5) is 0. The van der Waals surface area contributed by atoms with Gasteiger partial charge in [-0.25, -0.2) is 0 Å². The summed E-state index contributed by atoms with van der Waals surface area (Å²) in [6, 6.07) is 55.8. The number of fused-ring (bicyclic) bond motifs is 2. The van der Waals surface area contributed by atoms with E-state index in [0.717, 1.165) is 0 Å². The Morgan fingerprint density at radius 1 is 0.304 bits per heavy atom. The van der Waals surface area contributed by atoms with Crippen LogP contribution in [-0.4, -0.2) is 0 Å². The summed E-state index contributed by atoms with van der Waals surface area (Å²) < 4.78 is 0. The molecular weight excluding hydrogens is 711 g/mol. The lowest BCUT2D eigenvalue weighted by atomic mass is 9.73. The van der Waals surface area contributed by atoms with Gasteiger partial charge in [-0.2, -0.15) is 0 Å². The molecule has 8 aromatic rings. The summed E-state index contributed by atoms with van der Waals surface area (Å²) in [6.07, 6.45) is 0. The molecular formula is C54H52P2. The molecule has 0 N–H and O–H groups in total. The lowest BCUT2D eigenvalue weighted by Gasteiger charge is -2.38. The maximum absolute atomic E-state index is 3.43. The van der Waals surface area contributed by atoms with Gasteiger partial charge < -0.3 is 0 Å². The molecule has 0 radical (unpaired) electrons. The monoisotopic (exact) mass is 762 g/mol. The van der Waals surface area contributed by atoms with E-state index in [1.807, 2.05) is 0 Å². The van der Waals surface area contributed by atoms with Crippen LogP contribution in [0.5, 0.6) is 0 Å². The van der Waals surface area contributed by atoms with Crippen LogP contribution in [0, 0.1) is 55.4 Å². The summed E-state index contributed by atoms with van der Waals surface area (Å²) in [6.45, 7) is 17.8. The molecule has 0 nitrogen and oxygen atoms in total. The van der Waals surface area contributed by atoms with E-state index in [2.05, 4.69) is 219 Å². The van der Waals surface area contributed by atoms with Crippen LogP contribution in [0.25, 0.3) is 32.7 Å². The minimum Gasteiger partial charge on any atom is -0.117 e. The van der Waals surface area contributed by atoms with Crippen molar-refractivity contribution in [1.82, 2.24) is 0 Å². The number of hydrogen-bond donors (Lipinski definition) is 0. The Kier molecular flexibility index (Phi) is 9.90.